The van der Waals surface area contributed by atoms with Crippen LogP contribution >= 0.6 is 11.6 Å². The van der Waals surface area contributed by atoms with Gasteiger partial charge in [0.05, 0.1) is 18.2 Å². The highest BCUT2D eigenvalue weighted by molar-refractivity contribution is 6.32. The van der Waals surface area contributed by atoms with E-state index < -0.39 is 0 Å². The molecule has 2 heterocycles. The second kappa shape index (κ2) is 4.49. The lowest BCUT2D eigenvalue weighted by Gasteiger charge is -2.01. The largest absolute Gasteiger partial charge is 0.452 e. The first-order valence-corrected chi connectivity index (χ1v) is 5.23. The van der Waals surface area contributed by atoms with Gasteiger partial charge >= 0.3 is 0 Å². The fourth-order valence-electron chi connectivity index (χ4n) is 1.42. The van der Waals surface area contributed by atoms with E-state index >= 15 is 0 Å². The Balaban J connectivity index is 2.17. The first-order chi connectivity index (χ1) is 7.72. The van der Waals surface area contributed by atoms with Gasteiger partial charge in [-0.3, -0.25) is 4.79 Å². The van der Waals surface area contributed by atoms with Crippen molar-refractivity contribution in [3.8, 4) is 0 Å². The van der Waals surface area contributed by atoms with Gasteiger partial charge in [-0.2, -0.15) is 5.10 Å². The summed E-state index contributed by atoms with van der Waals surface area (Å²) in [7, 11) is 0. The van der Waals surface area contributed by atoms with E-state index in [1.165, 1.54) is 12.6 Å². The molecule has 0 saturated heterocycles. The van der Waals surface area contributed by atoms with Gasteiger partial charge in [0.25, 0.3) is 0 Å². The van der Waals surface area contributed by atoms with Crippen molar-refractivity contribution in [2.45, 2.75) is 19.9 Å². The number of hydrogen-bond acceptors (Lipinski definition) is 4. The molecule has 0 aliphatic carbocycles. The van der Waals surface area contributed by atoms with Crippen molar-refractivity contribution >= 4 is 17.4 Å². The minimum absolute atomic E-state index is 0.118. The monoisotopic (exact) mass is 239 g/mol. The second-order valence-corrected chi connectivity index (χ2v) is 3.54. The molecule has 0 atom stereocenters. The number of rotatable bonds is 4. The Bertz CT molecular complexity index is 504. The molecule has 0 spiro atoms. The molecule has 0 amide bonds. The standard InChI is InChI=1S/C10H10ClN3O2/c1-2-14-9(12-6-13-14)5-8(15)7-3-4-16-10(7)11/h3-4,6H,2,5H2,1H3. The highest BCUT2D eigenvalue weighted by Gasteiger charge is 2.16. The Morgan fingerprint density at radius 2 is 2.44 bits per heavy atom. The quantitative estimate of drug-likeness (QED) is 0.766. The highest BCUT2D eigenvalue weighted by Crippen LogP contribution is 2.18. The summed E-state index contributed by atoms with van der Waals surface area (Å²) in [5.74, 6) is 0.506. The van der Waals surface area contributed by atoms with Crippen LogP contribution < -0.4 is 0 Å². The molecular formula is C10H10ClN3O2. The molecule has 0 N–H and O–H groups in total. The van der Waals surface area contributed by atoms with E-state index in [1.807, 2.05) is 6.92 Å². The topological polar surface area (TPSA) is 60.9 Å². The van der Waals surface area contributed by atoms with Gasteiger partial charge in [0.1, 0.15) is 12.2 Å². The number of ketones is 1. The van der Waals surface area contributed by atoms with Crippen LogP contribution in [0.3, 0.4) is 0 Å². The second-order valence-electron chi connectivity index (χ2n) is 3.20. The maximum atomic E-state index is 11.8. The van der Waals surface area contributed by atoms with Crippen LogP contribution in [0.5, 0.6) is 0 Å². The number of Topliss-reactive ketones (excluding diaryl/α,β-unsaturated/α-hetero) is 1. The minimum Gasteiger partial charge on any atom is -0.452 e. The summed E-state index contributed by atoms with van der Waals surface area (Å²) in [6.07, 6.45) is 3.00. The average molecular weight is 240 g/mol. The Hall–Kier alpha value is -1.62. The lowest BCUT2D eigenvalue weighted by Crippen LogP contribution is -2.10. The first-order valence-electron chi connectivity index (χ1n) is 4.85. The third kappa shape index (κ3) is 1.99. The minimum atomic E-state index is -0.124. The molecule has 0 aliphatic heterocycles. The van der Waals surface area contributed by atoms with Crippen LogP contribution in [0.15, 0.2) is 23.1 Å². The van der Waals surface area contributed by atoms with Crippen molar-refractivity contribution in [1.82, 2.24) is 14.8 Å². The summed E-state index contributed by atoms with van der Waals surface area (Å²) in [4.78, 5) is 15.9. The predicted molar refractivity (Wildman–Crippen MR) is 57.4 cm³/mol. The van der Waals surface area contributed by atoms with Gasteiger partial charge in [0, 0.05) is 6.54 Å². The van der Waals surface area contributed by atoms with Gasteiger partial charge in [-0.1, -0.05) is 0 Å². The number of furan rings is 1. The first kappa shape index (κ1) is 10.9. The molecule has 0 bridgehead atoms. The molecule has 0 saturated carbocycles. The summed E-state index contributed by atoms with van der Waals surface area (Å²) in [5.41, 5.74) is 0.382. The van der Waals surface area contributed by atoms with Crippen molar-refractivity contribution < 1.29 is 9.21 Å². The lowest BCUT2D eigenvalue weighted by atomic mass is 10.1. The molecule has 84 valence electrons. The van der Waals surface area contributed by atoms with E-state index in [2.05, 4.69) is 10.1 Å². The average Bonchev–Trinajstić information content (AvgIpc) is 2.86. The molecule has 2 aromatic rings. The summed E-state index contributed by atoms with van der Waals surface area (Å²) < 4.78 is 6.54. The third-order valence-corrected chi connectivity index (χ3v) is 2.53. The van der Waals surface area contributed by atoms with Crippen LogP contribution in [-0.2, 0) is 13.0 Å². The smallest absolute Gasteiger partial charge is 0.203 e. The van der Waals surface area contributed by atoms with E-state index in [-0.39, 0.29) is 17.4 Å². The number of hydrogen-bond donors (Lipinski definition) is 0. The zero-order valence-corrected chi connectivity index (χ0v) is 9.44. The van der Waals surface area contributed by atoms with Crippen molar-refractivity contribution in [2.24, 2.45) is 0 Å². The zero-order chi connectivity index (χ0) is 11.5. The Morgan fingerprint density at radius 1 is 1.62 bits per heavy atom. The Labute approximate surface area is 97.0 Å². The maximum Gasteiger partial charge on any atom is 0.203 e. The van der Waals surface area contributed by atoms with E-state index in [0.29, 0.717) is 17.9 Å². The van der Waals surface area contributed by atoms with E-state index in [0.717, 1.165) is 0 Å². The molecule has 5 nitrogen and oxygen atoms in total. The molecule has 2 rings (SSSR count). The molecule has 6 heteroatoms. The molecule has 0 aliphatic rings. The molecule has 0 aromatic carbocycles. The molecule has 0 unspecified atom stereocenters. The number of halogens is 1. The summed E-state index contributed by atoms with van der Waals surface area (Å²) in [6, 6.07) is 1.55. The number of aryl methyl sites for hydroxylation is 1. The van der Waals surface area contributed by atoms with Crippen LogP contribution in [0.1, 0.15) is 23.1 Å². The SMILES string of the molecule is CCn1ncnc1CC(=O)c1ccoc1Cl. The van der Waals surface area contributed by atoms with Gasteiger partial charge < -0.3 is 4.42 Å². The van der Waals surface area contributed by atoms with Crippen LogP contribution in [0.2, 0.25) is 5.22 Å². The zero-order valence-electron chi connectivity index (χ0n) is 8.68. The van der Waals surface area contributed by atoms with Gasteiger partial charge in [0.2, 0.25) is 5.22 Å². The summed E-state index contributed by atoms with van der Waals surface area (Å²) in [5, 5.41) is 4.11. The Morgan fingerprint density at radius 3 is 3.06 bits per heavy atom. The van der Waals surface area contributed by atoms with Crippen molar-refractivity contribution in [2.75, 3.05) is 0 Å². The molecule has 2 aromatic heterocycles. The fourth-order valence-corrected chi connectivity index (χ4v) is 1.64. The van der Waals surface area contributed by atoms with E-state index in [9.17, 15) is 4.79 Å². The van der Waals surface area contributed by atoms with Gasteiger partial charge in [-0.15, -0.1) is 0 Å². The normalized spacial score (nSPS) is 10.6. The van der Waals surface area contributed by atoms with Crippen LogP contribution in [0.25, 0.3) is 0 Å². The predicted octanol–water partition coefficient (Wildman–Crippen LogP) is 1.97. The van der Waals surface area contributed by atoms with Crippen molar-refractivity contribution in [1.29, 1.82) is 0 Å². The summed E-state index contributed by atoms with van der Waals surface area (Å²) in [6.45, 7) is 2.62. The number of carbonyl (C=O) groups excluding carboxylic acids is 1. The van der Waals surface area contributed by atoms with E-state index in [4.69, 9.17) is 16.0 Å². The van der Waals surface area contributed by atoms with Gasteiger partial charge in [-0.25, -0.2) is 9.67 Å². The van der Waals surface area contributed by atoms with Gasteiger partial charge in [0.15, 0.2) is 5.78 Å². The highest BCUT2D eigenvalue weighted by atomic mass is 35.5. The Kier molecular flexibility index (Phi) is 3.05. The van der Waals surface area contributed by atoms with Crippen LogP contribution in [0, 0.1) is 0 Å². The van der Waals surface area contributed by atoms with E-state index in [1.54, 1.807) is 10.7 Å². The molecule has 0 radical (unpaired) electrons. The lowest BCUT2D eigenvalue weighted by molar-refractivity contribution is 0.0989. The van der Waals surface area contributed by atoms with Gasteiger partial charge in [-0.05, 0) is 24.6 Å². The maximum absolute atomic E-state index is 11.8. The third-order valence-electron chi connectivity index (χ3n) is 2.23. The molecule has 16 heavy (non-hydrogen) atoms. The van der Waals surface area contributed by atoms with Crippen LogP contribution in [0.4, 0.5) is 0 Å². The number of nitrogens with zero attached hydrogens (tertiary/aromatic N) is 3. The molecular weight excluding hydrogens is 230 g/mol. The van der Waals surface area contributed by atoms with Crippen molar-refractivity contribution in [3.63, 3.8) is 0 Å². The summed E-state index contributed by atoms with van der Waals surface area (Å²) >= 11 is 5.72. The van der Waals surface area contributed by atoms with Crippen molar-refractivity contribution in [3.05, 3.63) is 35.3 Å². The number of carbonyl (C=O) groups is 1. The number of aromatic nitrogens is 3. The van der Waals surface area contributed by atoms with Crippen LogP contribution in [-0.4, -0.2) is 20.5 Å². The fraction of sp³-hybridized carbons (Fsp3) is 0.300. The molecule has 0 fully saturated rings.